The second kappa shape index (κ2) is 8.62. The Morgan fingerprint density at radius 3 is 2.41 bits per heavy atom. The molecule has 0 fully saturated rings. The Hall–Kier alpha value is -2.95. The highest BCUT2D eigenvalue weighted by molar-refractivity contribution is 5.81. The second-order valence-electron chi connectivity index (χ2n) is 7.11. The normalized spacial score (nSPS) is 10.9. The van der Waals surface area contributed by atoms with E-state index in [1.54, 1.807) is 0 Å². The van der Waals surface area contributed by atoms with Gasteiger partial charge in [0.2, 0.25) is 0 Å². The molecule has 3 aromatic rings. The molecule has 0 atom stereocenters. The number of para-hydroxylation sites is 1. The largest absolute Gasteiger partial charge is 0.370 e. The first-order chi connectivity index (χ1) is 12.8. The summed E-state index contributed by atoms with van der Waals surface area (Å²) in [6, 6.07) is 14.3. The van der Waals surface area contributed by atoms with E-state index in [2.05, 4.69) is 55.0 Å². The average molecular weight is 364 g/mol. The lowest BCUT2D eigenvalue weighted by Gasteiger charge is -2.19. The van der Waals surface area contributed by atoms with Gasteiger partial charge in [-0.3, -0.25) is 4.98 Å². The number of rotatable bonds is 3. The third-order valence-corrected chi connectivity index (χ3v) is 4.11. The molecule has 0 spiro atoms. The molecule has 1 heterocycles. The summed E-state index contributed by atoms with van der Waals surface area (Å²) in [6.45, 7) is 11.0. The fourth-order valence-corrected chi connectivity index (χ4v) is 2.68. The number of fused-ring (bicyclic) bond motifs is 1. The van der Waals surface area contributed by atoms with E-state index in [4.69, 9.17) is 16.5 Å². The van der Waals surface area contributed by atoms with E-state index in [9.17, 15) is 0 Å². The van der Waals surface area contributed by atoms with Gasteiger partial charge in [0, 0.05) is 11.1 Å². The lowest BCUT2D eigenvalue weighted by atomic mass is 9.86. The van der Waals surface area contributed by atoms with Gasteiger partial charge in [0.25, 0.3) is 0 Å². The highest BCUT2D eigenvalue weighted by Gasteiger charge is 2.15. The summed E-state index contributed by atoms with van der Waals surface area (Å²) in [7, 11) is 0. The van der Waals surface area contributed by atoms with Crippen LogP contribution in [0.25, 0.3) is 22.3 Å². The van der Waals surface area contributed by atoms with Crippen LogP contribution in [0.5, 0.6) is 0 Å². The molecule has 3 rings (SSSR count). The van der Waals surface area contributed by atoms with E-state index in [-0.39, 0.29) is 11.4 Å². The van der Waals surface area contributed by atoms with Gasteiger partial charge in [-0.25, -0.2) is 9.98 Å². The molecule has 0 aliphatic heterocycles. The second-order valence-corrected chi connectivity index (χ2v) is 7.11. The van der Waals surface area contributed by atoms with Crippen LogP contribution in [0.2, 0.25) is 0 Å². The van der Waals surface area contributed by atoms with Crippen LogP contribution in [0.15, 0.2) is 53.7 Å². The topological polar surface area (TPSA) is 90.2 Å². The minimum atomic E-state index is 0.0685. The Bertz CT molecular complexity index is 935. The zero-order valence-electron chi connectivity index (χ0n) is 16.8. The third kappa shape index (κ3) is 5.03. The molecular formula is C22H29N5. The van der Waals surface area contributed by atoms with E-state index in [1.165, 1.54) is 5.56 Å². The number of benzene rings is 2. The Balaban J connectivity index is 0.00000126. The van der Waals surface area contributed by atoms with E-state index in [0.717, 1.165) is 27.9 Å². The first-order valence-corrected chi connectivity index (χ1v) is 9.25. The van der Waals surface area contributed by atoms with Crippen LogP contribution in [0.1, 0.15) is 45.7 Å². The fourth-order valence-electron chi connectivity index (χ4n) is 2.68. The van der Waals surface area contributed by atoms with Gasteiger partial charge in [0.15, 0.2) is 5.96 Å². The summed E-state index contributed by atoms with van der Waals surface area (Å²) in [4.78, 5) is 13.5. The quantitative estimate of drug-likeness (QED) is 0.533. The molecule has 0 aliphatic carbocycles. The number of hydrogen-bond acceptors (Lipinski definition) is 3. The van der Waals surface area contributed by atoms with E-state index in [1.807, 2.05) is 38.2 Å². The lowest BCUT2D eigenvalue weighted by molar-refractivity contribution is 0.590. The molecule has 4 N–H and O–H groups in total. The molecule has 0 aliphatic rings. The van der Waals surface area contributed by atoms with Gasteiger partial charge in [0.1, 0.15) is 0 Å². The maximum Gasteiger partial charge on any atom is 0.186 e. The number of guanidine groups is 1. The highest BCUT2D eigenvalue weighted by atomic mass is 15.0. The SMILES string of the molecule is CC.CC(C)(C)c1cccc(-c2cnc3cccc(CN=C(N)N)c3n2)c1. The molecule has 5 nitrogen and oxygen atoms in total. The Kier molecular flexibility index (Phi) is 6.50. The Morgan fingerprint density at radius 1 is 1.04 bits per heavy atom. The molecule has 5 heteroatoms. The predicted octanol–water partition coefficient (Wildman–Crippen LogP) is 4.39. The van der Waals surface area contributed by atoms with Crippen molar-refractivity contribution < 1.29 is 0 Å². The monoisotopic (exact) mass is 363 g/mol. The van der Waals surface area contributed by atoms with Gasteiger partial charge >= 0.3 is 0 Å². The molecular weight excluding hydrogens is 334 g/mol. The average Bonchev–Trinajstić information content (AvgIpc) is 2.67. The van der Waals surface area contributed by atoms with Crippen molar-refractivity contribution >= 4 is 17.0 Å². The maximum atomic E-state index is 5.45. The van der Waals surface area contributed by atoms with Crippen LogP contribution >= 0.6 is 0 Å². The van der Waals surface area contributed by atoms with Crippen molar-refractivity contribution in [3.05, 3.63) is 59.8 Å². The van der Waals surface area contributed by atoms with Crippen LogP contribution in [0, 0.1) is 0 Å². The van der Waals surface area contributed by atoms with Gasteiger partial charge < -0.3 is 11.5 Å². The van der Waals surface area contributed by atoms with Crippen molar-refractivity contribution in [1.29, 1.82) is 0 Å². The maximum absolute atomic E-state index is 5.45. The molecule has 27 heavy (non-hydrogen) atoms. The minimum Gasteiger partial charge on any atom is -0.370 e. The standard InChI is InChI=1S/C20H23N5.C2H6/c1-20(2,3)15-8-4-6-13(10-15)17-12-23-16-9-5-7-14(18(16)25-17)11-24-19(21)22;1-2/h4-10,12H,11H2,1-3H3,(H4,21,22,24);1-2H3. The molecule has 0 saturated heterocycles. The van der Waals surface area contributed by atoms with Crippen LogP contribution in [-0.4, -0.2) is 15.9 Å². The summed E-state index contributed by atoms with van der Waals surface area (Å²) >= 11 is 0. The molecule has 0 saturated carbocycles. The summed E-state index contributed by atoms with van der Waals surface area (Å²) in [5.41, 5.74) is 16.8. The Morgan fingerprint density at radius 2 is 1.74 bits per heavy atom. The predicted molar refractivity (Wildman–Crippen MR) is 115 cm³/mol. The molecule has 2 aromatic carbocycles. The van der Waals surface area contributed by atoms with Crippen molar-refractivity contribution in [2.75, 3.05) is 0 Å². The number of nitrogens with zero attached hydrogens (tertiary/aromatic N) is 3. The van der Waals surface area contributed by atoms with E-state index in [0.29, 0.717) is 6.54 Å². The van der Waals surface area contributed by atoms with Gasteiger partial charge in [0.05, 0.1) is 29.5 Å². The third-order valence-electron chi connectivity index (χ3n) is 4.11. The van der Waals surface area contributed by atoms with Crippen LogP contribution in [0.4, 0.5) is 0 Å². The summed E-state index contributed by atoms with van der Waals surface area (Å²) in [5.74, 6) is 0.0685. The van der Waals surface area contributed by atoms with Gasteiger partial charge in [-0.2, -0.15) is 0 Å². The minimum absolute atomic E-state index is 0.0685. The smallest absolute Gasteiger partial charge is 0.186 e. The van der Waals surface area contributed by atoms with Crippen LogP contribution in [-0.2, 0) is 12.0 Å². The molecule has 0 bridgehead atoms. The van der Waals surface area contributed by atoms with Gasteiger partial charge in [-0.15, -0.1) is 0 Å². The highest BCUT2D eigenvalue weighted by Crippen LogP contribution is 2.27. The van der Waals surface area contributed by atoms with Crippen molar-refractivity contribution in [3.63, 3.8) is 0 Å². The summed E-state index contributed by atoms with van der Waals surface area (Å²) in [6.07, 6.45) is 1.81. The number of aromatic nitrogens is 2. The molecule has 142 valence electrons. The molecule has 0 unspecified atom stereocenters. The lowest BCUT2D eigenvalue weighted by Crippen LogP contribution is -2.22. The Labute approximate surface area is 161 Å². The van der Waals surface area contributed by atoms with Crippen molar-refractivity contribution in [1.82, 2.24) is 9.97 Å². The molecule has 0 amide bonds. The fraction of sp³-hybridized carbons (Fsp3) is 0.318. The van der Waals surface area contributed by atoms with Crippen molar-refractivity contribution in [3.8, 4) is 11.3 Å². The zero-order valence-corrected chi connectivity index (χ0v) is 16.8. The first kappa shape index (κ1) is 20.4. The number of aliphatic imine (C=N–C) groups is 1. The van der Waals surface area contributed by atoms with Crippen molar-refractivity contribution in [2.24, 2.45) is 16.5 Å². The number of hydrogen-bond donors (Lipinski definition) is 2. The summed E-state index contributed by atoms with van der Waals surface area (Å²) in [5, 5.41) is 0. The zero-order chi connectivity index (χ0) is 20.0. The van der Waals surface area contributed by atoms with E-state index >= 15 is 0 Å². The number of nitrogens with two attached hydrogens (primary N) is 2. The van der Waals surface area contributed by atoms with Gasteiger partial charge in [-0.1, -0.05) is 65.0 Å². The molecule has 0 radical (unpaired) electrons. The van der Waals surface area contributed by atoms with Crippen molar-refractivity contribution in [2.45, 2.75) is 46.6 Å². The van der Waals surface area contributed by atoms with Gasteiger partial charge in [-0.05, 0) is 23.1 Å². The summed E-state index contributed by atoms with van der Waals surface area (Å²) < 4.78 is 0. The van der Waals surface area contributed by atoms with E-state index < -0.39 is 0 Å². The van der Waals surface area contributed by atoms with Crippen LogP contribution in [0.3, 0.4) is 0 Å². The van der Waals surface area contributed by atoms with Crippen LogP contribution < -0.4 is 11.5 Å². The molecule has 1 aromatic heterocycles. The first-order valence-electron chi connectivity index (χ1n) is 9.25.